The third-order valence-corrected chi connectivity index (χ3v) is 5.53. The molecule has 1 fully saturated rings. The van der Waals surface area contributed by atoms with Gasteiger partial charge in [-0.2, -0.15) is 4.31 Å². The van der Waals surface area contributed by atoms with Gasteiger partial charge in [-0.15, -0.1) is 12.4 Å². The summed E-state index contributed by atoms with van der Waals surface area (Å²) < 4.78 is 66.1. The van der Waals surface area contributed by atoms with Crippen molar-refractivity contribution in [2.24, 2.45) is 11.7 Å². The number of nitrogens with two attached hydrogens (primary N) is 1. The van der Waals surface area contributed by atoms with Gasteiger partial charge >= 0.3 is 0 Å². The maximum absolute atomic E-state index is 13.7. The van der Waals surface area contributed by atoms with Gasteiger partial charge in [-0.25, -0.2) is 21.6 Å². The van der Waals surface area contributed by atoms with Gasteiger partial charge in [0.05, 0.1) is 0 Å². The van der Waals surface area contributed by atoms with Crippen LogP contribution in [0.25, 0.3) is 0 Å². The number of halogens is 4. The lowest BCUT2D eigenvalue weighted by Gasteiger charge is -2.31. The van der Waals surface area contributed by atoms with Crippen molar-refractivity contribution in [1.82, 2.24) is 4.31 Å². The van der Waals surface area contributed by atoms with E-state index in [0.29, 0.717) is 31.5 Å². The van der Waals surface area contributed by atoms with Crippen molar-refractivity contribution in [2.45, 2.75) is 24.2 Å². The highest BCUT2D eigenvalue weighted by molar-refractivity contribution is 7.89. The standard InChI is InChI=1S/C13H17F3N2O2S.ClH/c14-10-6-11(15)13(12(16)7-10)21(19,20)18-5-1-2-9(8-18)3-4-17;/h6-7,9H,1-5,8,17H2;1H. The molecule has 1 atom stereocenters. The minimum absolute atomic E-state index is 0. The third kappa shape index (κ3) is 3.92. The molecule has 0 saturated carbocycles. The Morgan fingerprint density at radius 2 is 1.82 bits per heavy atom. The number of hydrogen-bond donors (Lipinski definition) is 1. The molecule has 0 aromatic heterocycles. The van der Waals surface area contributed by atoms with E-state index in [4.69, 9.17) is 5.73 Å². The molecule has 0 spiro atoms. The molecule has 1 aromatic rings. The fourth-order valence-electron chi connectivity index (χ4n) is 2.62. The van der Waals surface area contributed by atoms with Gasteiger partial charge in [0.2, 0.25) is 10.0 Å². The molecule has 1 saturated heterocycles. The van der Waals surface area contributed by atoms with Crippen LogP contribution in [-0.2, 0) is 10.0 Å². The number of piperidine rings is 1. The quantitative estimate of drug-likeness (QED) is 0.898. The molecule has 4 nitrogen and oxygen atoms in total. The fourth-order valence-corrected chi connectivity index (χ4v) is 4.27. The summed E-state index contributed by atoms with van der Waals surface area (Å²) in [5.74, 6) is -3.89. The van der Waals surface area contributed by atoms with E-state index in [1.807, 2.05) is 0 Å². The predicted molar refractivity (Wildman–Crippen MR) is 78.7 cm³/mol. The molecule has 22 heavy (non-hydrogen) atoms. The molecule has 1 heterocycles. The largest absolute Gasteiger partial charge is 0.330 e. The molecule has 2 N–H and O–H groups in total. The van der Waals surface area contributed by atoms with Gasteiger partial charge in [0.25, 0.3) is 0 Å². The van der Waals surface area contributed by atoms with E-state index in [1.54, 1.807) is 0 Å². The van der Waals surface area contributed by atoms with Gasteiger partial charge in [0.1, 0.15) is 17.5 Å². The number of benzene rings is 1. The molecule has 1 aliphatic rings. The van der Waals surface area contributed by atoms with E-state index in [9.17, 15) is 21.6 Å². The maximum Gasteiger partial charge on any atom is 0.248 e. The smallest absolute Gasteiger partial charge is 0.248 e. The summed E-state index contributed by atoms with van der Waals surface area (Å²) in [6.45, 7) is 0.799. The molecule has 2 rings (SSSR count). The first-order chi connectivity index (χ1) is 9.86. The first kappa shape index (κ1) is 19.2. The Morgan fingerprint density at radius 1 is 1.23 bits per heavy atom. The lowest BCUT2D eigenvalue weighted by Crippen LogP contribution is -2.41. The SMILES string of the molecule is Cl.NCCC1CCCN(S(=O)(=O)c2c(F)cc(F)cc2F)C1. The van der Waals surface area contributed by atoms with Gasteiger partial charge < -0.3 is 5.73 Å². The van der Waals surface area contributed by atoms with E-state index in [1.165, 1.54) is 0 Å². The highest BCUT2D eigenvalue weighted by atomic mass is 35.5. The highest BCUT2D eigenvalue weighted by Gasteiger charge is 2.34. The average molecular weight is 359 g/mol. The molecule has 0 amide bonds. The second-order valence-electron chi connectivity index (χ2n) is 5.15. The van der Waals surface area contributed by atoms with Crippen LogP contribution in [0, 0.1) is 23.4 Å². The minimum Gasteiger partial charge on any atom is -0.330 e. The topological polar surface area (TPSA) is 63.4 Å². The maximum atomic E-state index is 13.7. The summed E-state index contributed by atoms with van der Waals surface area (Å²) in [4.78, 5) is -1.09. The molecule has 1 aliphatic heterocycles. The number of hydrogen-bond acceptors (Lipinski definition) is 3. The van der Waals surface area contributed by atoms with Crippen molar-refractivity contribution < 1.29 is 21.6 Å². The zero-order valence-corrected chi connectivity index (χ0v) is 13.4. The molecule has 0 radical (unpaired) electrons. The van der Waals surface area contributed by atoms with E-state index >= 15 is 0 Å². The van der Waals surface area contributed by atoms with Crippen LogP contribution in [0.5, 0.6) is 0 Å². The van der Waals surface area contributed by atoms with Crippen molar-refractivity contribution in [3.8, 4) is 0 Å². The summed E-state index contributed by atoms with van der Waals surface area (Å²) in [5, 5.41) is 0. The zero-order valence-electron chi connectivity index (χ0n) is 11.8. The lowest BCUT2D eigenvalue weighted by molar-refractivity contribution is 0.256. The molecular weight excluding hydrogens is 341 g/mol. The first-order valence-electron chi connectivity index (χ1n) is 6.71. The normalized spacial score (nSPS) is 19.7. The van der Waals surface area contributed by atoms with Crippen LogP contribution in [-0.4, -0.2) is 32.4 Å². The van der Waals surface area contributed by atoms with Crippen LogP contribution in [0.1, 0.15) is 19.3 Å². The van der Waals surface area contributed by atoms with Crippen molar-refractivity contribution in [3.05, 3.63) is 29.6 Å². The Labute approximate surface area is 133 Å². The zero-order chi connectivity index (χ0) is 15.6. The predicted octanol–water partition coefficient (Wildman–Crippen LogP) is 2.28. The van der Waals surface area contributed by atoms with Crippen LogP contribution in [0.15, 0.2) is 17.0 Å². The second-order valence-corrected chi connectivity index (χ2v) is 7.02. The third-order valence-electron chi connectivity index (χ3n) is 3.62. The highest BCUT2D eigenvalue weighted by Crippen LogP contribution is 2.28. The van der Waals surface area contributed by atoms with Crippen molar-refractivity contribution in [3.63, 3.8) is 0 Å². The van der Waals surface area contributed by atoms with Crippen molar-refractivity contribution >= 4 is 22.4 Å². The van der Waals surface area contributed by atoms with Gasteiger partial charge in [0, 0.05) is 25.2 Å². The van der Waals surface area contributed by atoms with E-state index in [0.717, 1.165) is 10.7 Å². The summed E-state index contributed by atoms with van der Waals surface area (Å²) in [6.07, 6.45) is 2.09. The summed E-state index contributed by atoms with van der Waals surface area (Å²) >= 11 is 0. The van der Waals surface area contributed by atoms with Gasteiger partial charge in [0.15, 0.2) is 4.90 Å². The Kier molecular flexibility index (Phi) is 6.66. The molecule has 0 bridgehead atoms. The summed E-state index contributed by atoms with van der Waals surface area (Å²) in [6, 6.07) is 0.745. The molecule has 0 aliphatic carbocycles. The molecule has 126 valence electrons. The summed E-state index contributed by atoms with van der Waals surface area (Å²) in [5.41, 5.74) is 5.46. The van der Waals surface area contributed by atoms with E-state index in [2.05, 4.69) is 0 Å². The van der Waals surface area contributed by atoms with Crippen LogP contribution >= 0.6 is 12.4 Å². The second kappa shape index (κ2) is 7.63. The molecular formula is C13H18ClF3N2O2S. The Balaban J connectivity index is 0.00000242. The van der Waals surface area contributed by atoms with Crippen LogP contribution in [0.4, 0.5) is 13.2 Å². The van der Waals surface area contributed by atoms with Crippen LogP contribution < -0.4 is 5.73 Å². The van der Waals surface area contributed by atoms with Crippen molar-refractivity contribution in [1.29, 1.82) is 0 Å². The van der Waals surface area contributed by atoms with Crippen molar-refractivity contribution in [2.75, 3.05) is 19.6 Å². The van der Waals surface area contributed by atoms with Gasteiger partial charge in [-0.05, 0) is 31.7 Å². The van der Waals surface area contributed by atoms with Crippen LogP contribution in [0.2, 0.25) is 0 Å². The Hall–Kier alpha value is -0.830. The molecule has 9 heteroatoms. The van der Waals surface area contributed by atoms with Gasteiger partial charge in [-0.1, -0.05) is 0 Å². The first-order valence-corrected chi connectivity index (χ1v) is 8.15. The molecule has 1 unspecified atom stereocenters. The van der Waals surface area contributed by atoms with Crippen LogP contribution in [0.3, 0.4) is 0 Å². The van der Waals surface area contributed by atoms with Gasteiger partial charge in [-0.3, -0.25) is 0 Å². The minimum atomic E-state index is -4.32. The number of rotatable bonds is 4. The molecule has 1 aromatic carbocycles. The van der Waals surface area contributed by atoms with E-state index in [-0.39, 0.29) is 31.4 Å². The number of sulfonamides is 1. The van der Waals surface area contributed by atoms with E-state index < -0.39 is 32.4 Å². The Morgan fingerprint density at radius 3 is 2.36 bits per heavy atom. The number of nitrogens with zero attached hydrogens (tertiary/aromatic N) is 1. The lowest BCUT2D eigenvalue weighted by atomic mass is 9.96. The Bertz CT molecular complexity index is 603. The average Bonchev–Trinajstić information content (AvgIpc) is 2.37. The monoisotopic (exact) mass is 358 g/mol. The fraction of sp³-hybridized carbons (Fsp3) is 0.538. The summed E-state index contributed by atoms with van der Waals surface area (Å²) in [7, 11) is -4.32.